The number of anilines is 3. The van der Waals surface area contributed by atoms with Crippen LogP contribution in [0.25, 0.3) is 0 Å². The molecule has 0 saturated heterocycles. The molecule has 0 atom stereocenters. The third kappa shape index (κ3) is 4.63. The lowest BCUT2D eigenvalue weighted by Crippen LogP contribution is -2.15. The van der Waals surface area contributed by atoms with Crippen molar-refractivity contribution in [1.82, 2.24) is 19.7 Å². The number of rotatable bonds is 7. The zero-order valence-corrected chi connectivity index (χ0v) is 17.4. The maximum Gasteiger partial charge on any atom is 0.343 e. The van der Waals surface area contributed by atoms with Gasteiger partial charge in [-0.15, -0.1) is 10.2 Å². The number of carbonyl (C=O) groups is 2. The maximum atomic E-state index is 12.4. The summed E-state index contributed by atoms with van der Waals surface area (Å²) in [4.78, 5) is 32.9. The number of aryl methyl sites for hydroxylation is 1. The van der Waals surface area contributed by atoms with E-state index in [4.69, 9.17) is 4.74 Å². The van der Waals surface area contributed by atoms with E-state index in [-0.39, 0.29) is 28.9 Å². The first-order chi connectivity index (χ1) is 15.0. The smallest absolute Gasteiger partial charge is 0.343 e. The largest absolute Gasteiger partial charge is 0.465 e. The molecule has 0 aliphatic rings. The van der Waals surface area contributed by atoms with Crippen molar-refractivity contribution in [3.63, 3.8) is 0 Å². The predicted molar refractivity (Wildman–Crippen MR) is 114 cm³/mol. The Bertz CT molecular complexity index is 1100. The Morgan fingerprint density at radius 2 is 1.68 bits per heavy atom. The Balaban J connectivity index is 1.95. The van der Waals surface area contributed by atoms with E-state index >= 15 is 0 Å². The first-order valence-corrected chi connectivity index (χ1v) is 9.14. The molecular formula is C19H21N9O3. The number of carbonyl (C=O) groups excluding carboxylic acids is 2. The van der Waals surface area contributed by atoms with Gasteiger partial charge in [-0.25, -0.2) is 9.48 Å². The van der Waals surface area contributed by atoms with Gasteiger partial charge in [0, 0.05) is 26.7 Å². The van der Waals surface area contributed by atoms with Crippen molar-refractivity contribution in [3.8, 4) is 0 Å². The molecule has 0 fully saturated rings. The second kappa shape index (κ2) is 9.43. The van der Waals surface area contributed by atoms with Crippen molar-refractivity contribution < 1.29 is 14.3 Å². The number of benzene rings is 1. The molecular weight excluding hydrogens is 402 g/mol. The van der Waals surface area contributed by atoms with E-state index in [1.807, 2.05) is 6.07 Å². The maximum absolute atomic E-state index is 12.4. The average molecular weight is 423 g/mol. The topological polar surface area (TPSA) is 148 Å². The highest BCUT2D eigenvalue weighted by atomic mass is 16.5. The molecule has 0 bridgehead atoms. The van der Waals surface area contributed by atoms with Gasteiger partial charge in [-0.1, -0.05) is 18.2 Å². The lowest BCUT2D eigenvalue weighted by Gasteiger charge is -2.11. The van der Waals surface area contributed by atoms with Gasteiger partial charge < -0.3 is 15.4 Å². The lowest BCUT2D eigenvalue weighted by atomic mass is 10.2. The first kappa shape index (κ1) is 21.4. The molecule has 3 rings (SSSR count). The minimum atomic E-state index is -0.583. The van der Waals surface area contributed by atoms with Gasteiger partial charge >= 0.3 is 5.97 Å². The van der Waals surface area contributed by atoms with Gasteiger partial charge in [0.1, 0.15) is 5.56 Å². The van der Waals surface area contributed by atoms with Crippen molar-refractivity contribution in [1.29, 1.82) is 0 Å². The number of aromatic nitrogens is 4. The SMILES string of the molecule is CNc1nc(NC(=O)c2ccccc2)nc(NC)c1/N=N/c1c(C(=O)OC)cnn1C. The fourth-order valence-electron chi connectivity index (χ4n) is 2.62. The summed E-state index contributed by atoms with van der Waals surface area (Å²) in [6, 6.07) is 8.71. The van der Waals surface area contributed by atoms with E-state index in [2.05, 4.69) is 41.2 Å². The molecule has 2 heterocycles. The van der Waals surface area contributed by atoms with Crippen LogP contribution in [0.1, 0.15) is 20.7 Å². The van der Waals surface area contributed by atoms with Gasteiger partial charge in [0.2, 0.25) is 5.95 Å². The molecule has 0 saturated carbocycles. The minimum Gasteiger partial charge on any atom is -0.465 e. The summed E-state index contributed by atoms with van der Waals surface area (Å²) in [5.74, 6) is -0.0205. The van der Waals surface area contributed by atoms with E-state index < -0.39 is 5.97 Å². The van der Waals surface area contributed by atoms with Crippen molar-refractivity contribution in [3.05, 3.63) is 47.7 Å². The average Bonchev–Trinajstić information content (AvgIpc) is 3.17. The molecule has 0 aliphatic heterocycles. The molecule has 0 spiro atoms. The van der Waals surface area contributed by atoms with Gasteiger partial charge in [-0.2, -0.15) is 15.1 Å². The number of hydrogen-bond donors (Lipinski definition) is 3. The van der Waals surface area contributed by atoms with Crippen LogP contribution < -0.4 is 16.0 Å². The van der Waals surface area contributed by atoms with Crippen LogP contribution >= 0.6 is 0 Å². The van der Waals surface area contributed by atoms with Crippen molar-refractivity contribution in [2.75, 3.05) is 37.2 Å². The Kier molecular flexibility index (Phi) is 6.50. The van der Waals surface area contributed by atoms with Gasteiger partial charge in [0.15, 0.2) is 23.1 Å². The van der Waals surface area contributed by atoms with Crippen molar-refractivity contribution in [2.45, 2.75) is 0 Å². The lowest BCUT2D eigenvalue weighted by molar-refractivity contribution is 0.0601. The molecule has 3 aromatic rings. The predicted octanol–water partition coefficient (Wildman–Crippen LogP) is 2.75. The Morgan fingerprint density at radius 1 is 1.03 bits per heavy atom. The molecule has 12 nitrogen and oxygen atoms in total. The number of hydrogen-bond acceptors (Lipinski definition) is 10. The van der Waals surface area contributed by atoms with E-state index in [0.717, 1.165) is 0 Å². The molecule has 1 amide bonds. The first-order valence-electron chi connectivity index (χ1n) is 9.14. The summed E-state index contributed by atoms with van der Waals surface area (Å²) in [5.41, 5.74) is 0.914. The number of esters is 1. The van der Waals surface area contributed by atoms with Crippen LogP contribution in [0.4, 0.5) is 29.1 Å². The normalized spacial score (nSPS) is 10.7. The summed E-state index contributed by atoms with van der Waals surface area (Å²) < 4.78 is 6.13. The van der Waals surface area contributed by atoms with Gasteiger partial charge in [0.05, 0.1) is 13.3 Å². The van der Waals surface area contributed by atoms with Crippen LogP contribution in [0.5, 0.6) is 0 Å². The molecule has 0 aliphatic carbocycles. The number of nitrogens with one attached hydrogen (secondary N) is 3. The quantitative estimate of drug-likeness (QED) is 0.388. The summed E-state index contributed by atoms with van der Waals surface area (Å²) in [7, 11) is 6.18. The number of ether oxygens (including phenoxy) is 1. The summed E-state index contributed by atoms with van der Waals surface area (Å²) >= 11 is 0. The second-order valence-electron chi connectivity index (χ2n) is 6.11. The summed E-state index contributed by atoms with van der Waals surface area (Å²) in [6.07, 6.45) is 1.34. The molecule has 31 heavy (non-hydrogen) atoms. The number of nitrogens with zero attached hydrogens (tertiary/aromatic N) is 6. The van der Waals surface area contributed by atoms with Crippen LogP contribution in [0, 0.1) is 0 Å². The molecule has 3 N–H and O–H groups in total. The molecule has 0 unspecified atom stereocenters. The highest BCUT2D eigenvalue weighted by molar-refractivity contribution is 6.03. The fourth-order valence-corrected chi connectivity index (χ4v) is 2.62. The Morgan fingerprint density at radius 3 is 2.26 bits per heavy atom. The molecule has 1 aromatic carbocycles. The fraction of sp³-hybridized carbons (Fsp3) is 0.211. The number of methoxy groups -OCH3 is 1. The van der Waals surface area contributed by atoms with Crippen LogP contribution in [-0.4, -0.2) is 52.8 Å². The molecule has 2 aromatic heterocycles. The van der Waals surface area contributed by atoms with Gasteiger partial charge in [0.25, 0.3) is 5.91 Å². The summed E-state index contributed by atoms with van der Waals surface area (Å²) in [6.45, 7) is 0. The van der Waals surface area contributed by atoms with Gasteiger partial charge in [-0.05, 0) is 12.1 Å². The van der Waals surface area contributed by atoms with E-state index in [1.54, 1.807) is 45.4 Å². The van der Waals surface area contributed by atoms with Gasteiger partial charge in [-0.3, -0.25) is 10.1 Å². The molecule has 12 heteroatoms. The standard InChI is InChI=1S/C19H21N9O3/c1-20-14-13(26-27-16-12(18(30)31-4)10-22-28(16)3)15(21-2)24-19(23-14)25-17(29)11-8-6-5-7-9-11/h5-10H,1-4H3,(H3,20,21,23,24,25,29)/b27-26+. The third-order valence-electron chi connectivity index (χ3n) is 4.18. The van der Waals surface area contributed by atoms with E-state index in [0.29, 0.717) is 17.2 Å². The number of azo groups is 1. The van der Waals surface area contributed by atoms with Crippen LogP contribution in [-0.2, 0) is 11.8 Å². The molecule has 160 valence electrons. The minimum absolute atomic E-state index is 0.0808. The zero-order chi connectivity index (χ0) is 22.4. The van der Waals surface area contributed by atoms with Crippen molar-refractivity contribution in [2.24, 2.45) is 17.3 Å². The molecule has 0 radical (unpaired) electrons. The van der Waals surface area contributed by atoms with E-state index in [9.17, 15) is 9.59 Å². The number of amides is 1. The zero-order valence-electron chi connectivity index (χ0n) is 17.4. The third-order valence-corrected chi connectivity index (χ3v) is 4.18. The monoisotopic (exact) mass is 423 g/mol. The van der Waals surface area contributed by atoms with Crippen LogP contribution in [0.15, 0.2) is 46.8 Å². The van der Waals surface area contributed by atoms with Crippen molar-refractivity contribution >= 4 is 41.0 Å². The van der Waals surface area contributed by atoms with Crippen LogP contribution in [0.3, 0.4) is 0 Å². The Hall–Kier alpha value is -4.35. The highest BCUT2D eigenvalue weighted by Gasteiger charge is 2.19. The van der Waals surface area contributed by atoms with E-state index in [1.165, 1.54) is 18.0 Å². The second-order valence-corrected chi connectivity index (χ2v) is 6.11. The Labute approximate surface area is 177 Å². The summed E-state index contributed by atoms with van der Waals surface area (Å²) in [5, 5.41) is 20.8. The highest BCUT2D eigenvalue weighted by Crippen LogP contribution is 2.33. The van der Waals surface area contributed by atoms with Crippen LogP contribution in [0.2, 0.25) is 0 Å².